The van der Waals surface area contributed by atoms with Crippen LogP contribution < -0.4 is 0 Å². The van der Waals surface area contributed by atoms with Crippen molar-refractivity contribution < 1.29 is 24.9 Å². The van der Waals surface area contributed by atoms with E-state index in [1.165, 1.54) is 6.92 Å². The van der Waals surface area contributed by atoms with Crippen molar-refractivity contribution in [3.05, 3.63) is 119 Å². The highest BCUT2D eigenvalue weighted by Gasteiger charge is 2.48. The van der Waals surface area contributed by atoms with E-state index in [1.54, 1.807) is 0 Å². The fourth-order valence-corrected chi connectivity index (χ4v) is 6.89. The molecule has 2 rings (SSSR count). The molecule has 5 nitrogen and oxygen atoms in total. The summed E-state index contributed by atoms with van der Waals surface area (Å²) >= 11 is 0. The van der Waals surface area contributed by atoms with Gasteiger partial charge >= 0.3 is 5.97 Å². The van der Waals surface area contributed by atoms with Gasteiger partial charge in [-0.15, -0.1) is 0 Å². The Balaban J connectivity index is 1.94. The summed E-state index contributed by atoms with van der Waals surface area (Å²) in [6.07, 6.45) is 28.7. The van der Waals surface area contributed by atoms with Crippen LogP contribution in [0.2, 0.25) is 0 Å². The minimum Gasteiger partial charge on any atom is -0.462 e. The molecular weight excluding hydrogens is 584 g/mol. The zero-order valence-corrected chi connectivity index (χ0v) is 30.7. The molecule has 5 heteroatoms. The number of carbonyl (C=O) groups excluding carboxylic acids is 1. The molecular formula is C42H60O5. The van der Waals surface area contributed by atoms with Crippen molar-refractivity contribution in [3.63, 3.8) is 0 Å². The Labute approximate surface area is 284 Å². The first-order valence-electron chi connectivity index (χ1n) is 16.8. The van der Waals surface area contributed by atoms with E-state index in [0.717, 1.165) is 39.9 Å². The van der Waals surface area contributed by atoms with Gasteiger partial charge in [-0.25, -0.2) is 0 Å². The smallest absolute Gasteiger partial charge is 0.302 e. The molecule has 0 aromatic heterocycles. The van der Waals surface area contributed by atoms with Crippen molar-refractivity contribution in [2.45, 2.75) is 119 Å². The lowest BCUT2D eigenvalue weighted by Crippen LogP contribution is -2.51. The molecule has 0 heterocycles. The standard InChI is InChI=1S/C42H60O5/c1-29(18-14-20-31(3)22-24-36-33(5)39(45)37(44)28-40(36,7)8)16-12-13-17-30(2)19-15-21-32(4)23-25-38-41(9,10)26-35(47-34(6)43)27-42(38,11)46/h12-25,35,37-39,44-46H,26-28H2,1-11H3/b13-12+,18-14+,19-15+,24-22+,25-23+,29-16+,30-17+,31-20+,32-21+/t35-,37-,38?,39+,42+/m0/s1. The second kappa shape index (κ2) is 17.2. The summed E-state index contributed by atoms with van der Waals surface area (Å²) in [7, 11) is 0. The number of hydrogen-bond acceptors (Lipinski definition) is 5. The largest absolute Gasteiger partial charge is 0.462 e. The van der Waals surface area contributed by atoms with E-state index in [2.05, 4.69) is 109 Å². The van der Waals surface area contributed by atoms with Crippen molar-refractivity contribution in [1.29, 1.82) is 0 Å². The van der Waals surface area contributed by atoms with E-state index in [-0.39, 0.29) is 28.8 Å². The van der Waals surface area contributed by atoms with Crippen LogP contribution in [0.3, 0.4) is 0 Å². The van der Waals surface area contributed by atoms with Crippen LogP contribution >= 0.6 is 0 Å². The summed E-state index contributed by atoms with van der Waals surface area (Å²) in [5.41, 5.74) is 5.02. The first-order chi connectivity index (χ1) is 21.7. The molecule has 0 spiro atoms. The molecule has 258 valence electrons. The molecule has 0 amide bonds. The van der Waals surface area contributed by atoms with Crippen molar-refractivity contribution >= 4 is 5.97 Å². The Bertz CT molecular complexity index is 1400. The quantitative estimate of drug-likeness (QED) is 0.154. The lowest BCUT2D eigenvalue weighted by molar-refractivity contribution is -0.163. The monoisotopic (exact) mass is 644 g/mol. The zero-order valence-electron chi connectivity index (χ0n) is 30.7. The van der Waals surface area contributed by atoms with Crippen LogP contribution in [0.4, 0.5) is 0 Å². The molecule has 2 aliphatic rings. The molecule has 0 aromatic carbocycles. The van der Waals surface area contributed by atoms with Crippen LogP contribution in [0, 0.1) is 16.7 Å². The summed E-state index contributed by atoms with van der Waals surface area (Å²) in [6.45, 7) is 21.8. The van der Waals surface area contributed by atoms with Gasteiger partial charge in [-0.05, 0) is 76.4 Å². The van der Waals surface area contributed by atoms with E-state index in [9.17, 15) is 20.1 Å². The Morgan fingerprint density at radius 2 is 1.21 bits per heavy atom. The molecule has 1 fully saturated rings. The Morgan fingerprint density at radius 3 is 1.72 bits per heavy atom. The van der Waals surface area contributed by atoms with E-state index >= 15 is 0 Å². The van der Waals surface area contributed by atoms with Gasteiger partial charge in [-0.3, -0.25) is 4.79 Å². The third-order valence-electron chi connectivity index (χ3n) is 9.25. The topological polar surface area (TPSA) is 87.0 Å². The van der Waals surface area contributed by atoms with Gasteiger partial charge in [-0.2, -0.15) is 0 Å². The van der Waals surface area contributed by atoms with Crippen molar-refractivity contribution in [1.82, 2.24) is 0 Å². The number of allylic oxidation sites excluding steroid dienone is 18. The first-order valence-corrected chi connectivity index (χ1v) is 16.8. The maximum absolute atomic E-state index is 11.5. The van der Waals surface area contributed by atoms with Gasteiger partial charge in [0.2, 0.25) is 0 Å². The van der Waals surface area contributed by atoms with Crippen molar-refractivity contribution in [3.8, 4) is 0 Å². The summed E-state index contributed by atoms with van der Waals surface area (Å²) in [4.78, 5) is 11.5. The van der Waals surface area contributed by atoms with Crippen LogP contribution in [-0.2, 0) is 9.53 Å². The molecule has 47 heavy (non-hydrogen) atoms. The summed E-state index contributed by atoms with van der Waals surface area (Å²) < 4.78 is 5.44. The number of esters is 1. The average Bonchev–Trinajstić information content (AvgIpc) is 2.92. The molecule has 0 aliphatic heterocycles. The lowest BCUT2D eigenvalue weighted by Gasteiger charge is -2.49. The SMILES string of the molecule is CC(=O)O[C@H]1CC(C)(C)C(/C=C/C(C)=C/C=C/C(C)=C/C=C/C=C(C)/C=C/C=C(C)/C=C/C2=C(C)[C@@H](O)[C@@H](O)CC2(C)C)[C@](C)(O)C1. The number of hydrogen-bond donors (Lipinski definition) is 3. The van der Waals surface area contributed by atoms with Crippen LogP contribution in [0.5, 0.6) is 0 Å². The molecule has 0 aromatic rings. The van der Waals surface area contributed by atoms with Crippen LogP contribution in [-0.4, -0.2) is 45.2 Å². The molecule has 3 N–H and O–H groups in total. The fraction of sp³-hybridized carbons (Fsp3) is 0.500. The second-order valence-electron chi connectivity index (χ2n) is 15.1. The Hall–Kier alpha value is -3.25. The van der Waals surface area contributed by atoms with E-state index < -0.39 is 17.8 Å². The van der Waals surface area contributed by atoms with E-state index in [4.69, 9.17) is 4.74 Å². The summed E-state index contributed by atoms with van der Waals surface area (Å²) in [5.74, 6) is -0.360. The number of aliphatic hydroxyl groups is 3. The maximum atomic E-state index is 11.5. The number of ether oxygens (including phenoxy) is 1. The fourth-order valence-electron chi connectivity index (χ4n) is 6.89. The number of rotatable bonds is 11. The van der Waals surface area contributed by atoms with Gasteiger partial charge in [-0.1, -0.05) is 135 Å². The predicted molar refractivity (Wildman–Crippen MR) is 197 cm³/mol. The Kier molecular flexibility index (Phi) is 14.6. The molecule has 0 saturated heterocycles. The third kappa shape index (κ3) is 12.7. The Morgan fingerprint density at radius 1 is 0.723 bits per heavy atom. The average molecular weight is 645 g/mol. The second-order valence-corrected chi connectivity index (χ2v) is 15.1. The molecule has 2 aliphatic carbocycles. The van der Waals surface area contributed by atoms with E-state index in [1.807, 2.05) is 45.1 Å². The maximum Gasteiger partial charge on any atom is 0.302 e. The summed E-state index contributed by atoms with van der Waals surface area (Å²) in [6, 6.07) is 0. The van der Waals surface area contributed by atoms with Gasteiger partial charge in [0.05, 0.1) is 11.7 Å². The predicted octanol–water partition coefficient (Wildman–Crippen LogP) is 9.14. The zero-order chi connectivity index (χ0) is 35.6. The van der Waals surface area contributed by atoms with Crippen molar-refractivity contribution in [2.75, 3.05) is 0 Å². The van der Waals surface area contributed by atoms with Gasteiger partial charge in [0, 0.05) is 19.3 Å². The highest BCUT2D eigenvalue weighted by molar-refractivity contribution is 5.66. The first kappa shape index (κ1) is 39.9. The molecule has 5 atom stereocenters. The lowest BCUT2D eigenvalue weighted by atomic mass is 9.61. The molecule has 0 bridgehead atoms. The number of carbonyl (C=O) groups is 1. The minimum absolute atomic E-state index is 0.0577. The van der Waals surface area contributed by atoms with Crippen LogP contribution in [0.15, 0.2) is 119 Å². The van der Waals surface area contributed by atoms with E-state index in [0.29, 0.717) is 12.8 Å². The number of aliphatic hydroxyl groups excluding tert-OH is 2. The minimum atomic E-state index is -0.961. The molecule has 1 unspecified atom stereocenters. The van der Waals surface area contributed by atoms with Gasteiger partial charge in [0.1, 0.15) is 12.2 Å². The highest BCUT2D eigenvalue weighted by Crippen LogP contribution is 2.48. The highest BCUT2D eigenvalue weighted by atomic mass is 16.5. The third-order valence-corrected chi connectivity index (χ3v) is 9.25. The molecule has 1 saturated carbocycles. The normalized spacial score (nSPS) is 29.7. The summed E-state index contributed by atoms with van der Waals surface area (Å²) in [5, 5.41) is 31.6. The van der Waals surface area contributed by atoms with Crippen LogP contribution in [0.25, 0.3) is 0 Å². The van der Waals surface area contributed by atoms with Gasteiger partial charge < -0.3 is 20.1 Å². The van der Waals surface area contributed by atoms with Gasteiger partial charge in [0.15, 0.2) is 0 Å². The van der Waals surface area contributed by atoms with Crippen molar-refractivity contribution in [2.24, 2.45) is 16.7 Å². The van der Waals surface area contributed by atoms with Crippen LogP contribution in [0.1, 0.15) is 95.4 Å². The molecule has 0 radical (unpaired) electrons. The van der Waals surface area contributed by atoms with Gasteiger partial charge in [0.25, 0.3) is 0 Å².